The van der Waals surface area contributed by atoms with Crippen LogP contribution < -0.4 is 5.32 Å². The number of nitrogens with zero attached hydrogens (tertiary/aromatic N) is 1. The molecule has 17 heavy (non-hydrogen) atoms. The number of carbonyl (C=O) groups is 1. The zero-order valence-electron chi connectivity index (χ0n) is 8.85. The van der Waals surface area contributed by atoms with Crippen molar-refractivity contribution in [3.8, 4) is 0 Å². The number of rotatable bonds is 3. The normalized spacial score (nSPS) is 10.6. The highest BCUT2D eigenvalue weighted by Gasteiger charge is 1.97. The molecule has 0 spiro atoms. The van der Waals surface area contributed by atoms with Gasteiger partial charge in [0, 0.05) is 16.7 Å². The Bertz CT molecular complexity index is 534. The first-order valence-corrected chi connectivity index (χ1v) is 5.77. The first-order valence-electron chi connectivity index (χ1n) is 4.97. The van der Waals surface area contributed by atoms with Gasteiger partial charge < -0.3 is 5.32 Å². The van der Waals surface area contributed by atoms with E-state index in [4.69, 9.17) is 0 Å². The van der Waals surface area contributed by atoms with Crippen LogP contribution in [0.4, 0.5) is 5.69 Å². The Morgan fingerprint density at radius 1 is 1.47 bits per heavy atom. The molecule has 0 aliphatic rings. The van der Waals surface area contributed by atoms with Gasteiger partial charge in [-0.25, -0.2) is 0 Å². The van der Waals surface area contributed by atoms with Crippen LogP contribution in [0.25, 0.3) is 6.08 Å². The number of benzene rings is 1. The van der Waals surface area contributed by atoms with Crippen molar-refractivity contribution in [1.29, 1.82) is 0 Å². The summed E-state index contributed by atoms with van der Waals surface area (Å²) in [5.74, 6) is -0.189. The van der Waals surface area contributed by atoms with Gasteiger partial charge in [0.05, 0.1) is 11.9 Å². The van der Waals surface area contributed by atoms with E-state index in [1.165, 1.54) is 6.08 Å². The fraction of sp³-hybridized carbons (Fsp3) is 0. The fourth-order valence-corrected chi connectivity index (χ4v) is 1.70. The highest BCUT2D eigenvalue weighted by atomic mass is 79.9. The van der Waals surface area contributed by atoms with Gasteiger partial charge in [-0.05, 0) is 23.8 Å². The van der Waals surface area contributed by atoms with Crippen LogP contribution in [0.2, 0.25) is 0 Å². The number of hydrogen-bond donors (Lipinski definition) is 2. The summed E-state index contributed by atoms with van der Waals surface area (Å²) in [6, 6.07) is 7.70. The van der Waals surface area contributed by atoms with Crippen molar-refractivity contribution in [3.63, 3.8) is 0 Å². The van der Waals surface area contributed by atoms with Crippen molar-refractivity contribution in [2.75, 3.05) is 5.32 Å². The summed E-state index contributed by atoms with van der Waals surface area (Å²) in [5.41, 5.74) is 1.61. The van der Waals surface area contributed by atoms with Gasteiger partial charge in [0.15, 0.2) is 0 Å². The summed E-state index contributed by atoms with van der Waals surface area (Å²) < 4.78 is 0.981. The number of H-pyrrole nitrogens is 1. The van der Waals surface area contributed by atoms with E-state index in [2.05, 4.69) is 31.4 Å². The van der Waals surface area contributed by atoms with E-state index < -0.39 is 0 Å². The van der Waals surface area contributed by atoms with Gasteiger partial charge in [-0.3, -0.25) is 9.89 Å². The lowest BCUT2D eigenvalue weighted by Gasteiger charge is -1.97. The smallest absolute Gasteiger partial charge is 0.248 e. The first kappa shape index (κ1) is 11.6. The molecule has 1 amide bonds. The minimum absolute atomic E-state index is 0.189. The van der Waals surface area contributed by atoms with Gasteiger partial charge in [0.25, 0.3) is 0 Å². The van der Waals surface area contributed by atoms with E-state index >= 15 is 0 Å². The van der Waals surface area contributed by atoms with Crippen LogP contribution in [0.5, 0.6) is 0 Å². The molecule has 0 bridgehead atoms. The monoisotopic (exact) mass is 291 g/mol. The molecule has 4 nitrogen and oxygen atoms in total. The average molecular weight is 292 g/mol. The molecule has 0 atom stereocenters. The summed E-state index contributed by atoms with van der Waals surface area (Å²) in [7, 11) is 0. The number of aromatic nitrogens is 2. The second-order valence-corrected chi connectivity index (χ2v) is 4.28. The lowest BCUT2D eigenvalue weighted by Crippen LogP contribution is -2.06. The number of nitrogens with one attached hydrogen (secondary N) is 2. The maximum absolute atomic E-state index is 11.5. The fourth-order valence-electron chi connectivity index (χ4n) is 1.29. The van der Waals surface area contributed by atoms with E-state index in [9.17, 15) is 4.79 Å². The van der Waals surface area contributed by atoms with Crippen LogP contribution in [-0.2, 0) is 4.79 Å². The van der Waals surface area contributed by atoms with Crippen LogP contribution in [0, 0.1) is 0 Å². The van der Waals surface area contributed by atoms with Crippen LogP contribution in [0.15, 0.2) is 47.2 Å². The summed E-state index contributed by atoms with van der Waals surface area (Å²) in [6.07, 6.45) is 6.39. The van der Waals surface area contributed by atoms with Gasteiger partial charge in [0.2, 0.25) is 5.91 Å². The molecular weight excluding hydrogens is 282 g/mol. The summed E-state index contributed by atoms with van der Waals surface area (Å²) >= 11 is 3.37. The summed E-state index contributed by atoms with van der Waals surface area (Å²) in [4.78, 5) is 11.5. The molecule has 0 fully saturated rings. The van der Waals surface area contributed by atoms with Crippen molar-refractivity contribution in [3.05, 3.63) is 52.8 Å². The van der Waals surface area contributed by atoms with Crippen LogP contribution in [0.3, 0.4) is 0 Å². The minimum atomic E-state index is -0.189. The standard InChI is InChI=1S/C12H10BrN3O/c13-10-3-1-2-9(6-10)4-5-12(17)16-11-7-14-15-8-11/h1-8H,(H,14,15)(H,16,17)/b5-4+. The van der Waals surface area contributed by atoms with Crippen LogP contribution in [0.1, 0.15) is 5.56 Å². The molecule has 2 N–H and O–H groups in total. The average Bonchev–Trinajstić information content (AvgIpc) is 2.79. The van der Waals surface area contributed by atoms with Crippen molar-refractivity contribution in [1.82, 2.24) is 10.2 Å². The molecule has 0 saturated carbocycles. The number of amides is 1. The van der Waals surface area contributed by atoms with Crippen molar-refractivity contribution >= 4 is 33.6 Å². The van der Waals surface area contributed by atoms with Crippen LogP contribution in [-0.4, -0.2) is 16.1 Å². The van der Waals surface area contributed by atoms with E-state index in [1.807, 2.05) is 24.3 Å². The molecule has 86 valence electrons. The van der Waals surface area contributed by atoms with Gasteiger partial charge in [-0.2, -0.15) is 5.10 Å². The third-order valence-corrected chi connectivity index (χ3v) is 2.53. The zero-order chi connectivity index (χ0) is 12.1. The topological polar surface area (TPSA) is 57.8 Å². The highest BCUT2D eigenvalue weighted by molar-refractivity contribution is 9.10. The van der Waals surface area contributed by atoms with E-state index in [1.54, 1.807) is 18.5 Å². The molecule has 0 aliphatic heterocycles. The molecule has 0 aliphatic carbocycles. The molecule has 5 heteroatoms. The Balaban J connectivity index is 1.99. The first-order chi connectivity index (χ1) is 8.24. The third-order valence-electron chi connectivity index (χ3n) is 2.04. The molecule has 1 aromatic carbocycles. The minimum Gasteiger partial charge on any atom is -0.320 e. The molecule has 2 rings (SSSR count). The number of halogens is 1. The Morgan fingerprint density at radius 3 is 3.06 bits per heavy atom. The molecule has 1 heterocycles. The second kappa shape index (κ2) is 5.45. The van der Waals surface area contributed by atoms with E-state index in [-0.39, 0.29) is 5.91 Å². The van der Waals surface area contributed by atoms with Crippen molar-refractivity contribution in [2.24, 2.45) is 0 Å². The number of carbonyl (C=O) groups excluding carboxylic acids is 1. The Morgan fingerprint density at radius 2 is 2.35 bits per heavy atom. The zero-order valence-corrected chi connectivity index (χ0v) is 10.4. The SMILES string of the molecule is O=C(/C=C/c1cccc(Br)c1)Nc1cn[nH]c1. The maximum Gasteiger partial charge on any atom is 0.248 e. The molecule has 0 radical (unpaired) electrons. The number of aromatic amines is 1. The lowest BCUT2D eigenvalue weighted by molar-refractivity contribution is -0.111. The van der Waals surface area contributed by atoms with E-state index in [0.29, 0.717) is 5.69 Å². The third kappa shape index (κ3) is 3.57. The molecule has 1 aromatic heterocycles. The van der Waals surface area contributed by atoms with Gasteiger partial charge in [0.1, 0.15) is 0 Å². The maximum atomic E-state index is 11.5. The van der Waals surface area contributed by atoms with Gasteiger partial charge in [-0.1, -0.05) is 28.1 Å². The van der Waals surface area contributed by atoms with Crippen molar-refractivity contribution in [2.45, 2.75) is 0 Å². The molecule has 2 aromatic rings. The largest absolute Gasteiger partial charge is 0.320 e. The predicted molar refractivity (Wildman–Crippen MR) is 70.4 cm³/mol. The Hall–Kier alpha value is -1.88. The number of anilines is 1. The van der Waals surface area contributed by atoms with Gasteiger partial charge in [-0.15, -0.1) is 0 Å². The molecule has 0 unspecified atom stereocenters. The summed E-state index contributed by atoms with van der Waals surface area (Å²) in [6.45, 7) is 0. The number of hydrogen-bond acceptors (Lipinski definition) is 2. The summed E-state index contributed by atoms with van der Waals surface area (Å²) in [5, 5.41) is 9.03. The highest BCUT2D eigenvalue weighted by Crippen LogP contribution is 2.12. The van der Waals surface area contributed by atoms with Crippen molar-refractivity contribution < 1.29 is 4.79 Å². The molecular formula is C12H10BrN3O. The molecule has 0 saturated heterocycles. The predicted octanol–water partition coefficient (Wildman–Crippen LogP) is 2.82. The second-order valence-electron chi connectivity index (χ2n) is 3.36. The quantitative estimate of drug-likeness (QED) is 0.855. The Labute approximate surface area is 107 Å². The van der Waals surface area contributed by atoms with E-state index in [0.717, 1.165) is 10.0 Å². The van der Waals surface area contributed by atoms with Gasteiger partial charge >= 0.3 is 0 Å². The van der Waals surface area contributed by atoms with Crippen LogP contribution >= 0.6 is 15.9 Å². The lowest BCUT2D eigenvalue weighted by atomic mass is 10.2. The Kier molecular flexibility index (Phi) is 3.72.